The van der Waals surface area contributed by atoms with Gasteiger partial charge >= 0.3 is 0 Å². The lowest BCUT2D eigenvalue weighted by molar-refractivity contribution is 0.0851. The Balaban J connectivity index is 2.14. The molecule has 0 aromatic heterocycles. The number of aliphatic hydroxyl groups excluding tert-OH is 1. The summed E-state index contributed by atoms with van der Waals surface area (Å²) in [6.45, 7) is 5.32. The molecule has 23 heavy (non-hydrogen) atoms. The number of rotatable bonds is 4. The Morgan fingerprint density at radius 3 is 2.43 bits per heavy atom. The molecule has 0 radical (unpaired) electrons. The van der Waals surface area contributed by atoms with Gasteiger partial charge in [-0.3, -0.25) is 4.79 Å². The van der Waals surface area contributed by atoms with Crippen molar-refractivity contribution in [2.75, 3.05) is 0 Å². The van der Waals surface area contributed by atoms with E-state index in [1.807, 2.05) is 26.0 Å². The number of aryl methyl sites for hydroxylation is 2. The average Bonchev–Trinajstić information content (AvgIpc) is 2.51. The highest BCUT2D eigenvalue weighted by molar-refractivity contribution is 5.96. The van der Waals surface area contributed by atoms with E-state index in [2.05, 4.69) is 5.32 Å². The van der Waals surface area contributed by atoms with E-state index in [0.29, 0.717) is 5.56 Å². The summed E-state index contributed by atoms with van der Waals surface area (Å²) in [5.74, 6) is -2.33. The molecule has 2 atom stereocenters. The van der Waals surface area contributed by atoms with Crippen LogP contribution < -0.4 is 5.32 Å². The summed E-state index contributed by atoms with van der Waals surface area (Å²) in [6.07, 6.45) is -1.14. The van der Waals surface area contributed by atoms with Crippen molar-refractivity contribution in [2.24, 2.45) is 0 Å². The molecule has 0 saturated carbocycles. The first kappa shape index (κ1) is 17.1. The summed E-state index contributed by atoms with van der Waals surface area (Å²) in [5.41, 5.74) is 2.50. The third kappa shape index (κ3) is 3.93. The van der Waals surface area contributed by atoms with Crippen molar-refractivity contribution in [1.29, 1.82) is 0 Å². The zero-order valence-electron chi connectivity index (χ0n) is 13.2. The fourth-order valence-electron chi connectivity index (χ4n) is 2.33. The highest BCUT2D eigenvalue weighted by atomic mass is 19.2. The fraction of sp³-hybridized carbons (Fsp3) is 0.278. The van der Waals surface area contributed by atoms with Gasteiger partial charge in [-0.1, -0.05) is 23.8 Å². The number of nitrogens with one attached hydrogen (secondary N) is 1. The topological polar surface area (TPSA) is 49.3 Å². The first-order chi connectivity index (χ1) is 10.8. The SMILES string of the molecule is Cc1ccc(C)c(C(=O)NC(C)C(O)c2ccc(F)c(F)c2)c1. The molecule has 0 aliphatic heterocycles. The molecule has 122 valence electrons. The van der Waals surface area contributed by atoms with Gasteiger partial charge in [0.05, 0.1) is 12.1 Å². The van der Waals surface area contributed by atoms with Crippen molar-refractivity contribution in [3.8, 4) is 0 Å². The molecular weight excluding hydrogens is 300 g/mol. The number of halogens is 2. The Morgan fingerprint density at radius 1 is 1.09 bits per heavy atom. The molecule has 0 saturated heterocycles. The van der Waals surface area contributed by atoms with Crippen molar-refractivity contribution in [3.63, 3.8) is 0 Å². The van der Waals surface area contributed by atoms with E-state index in [-0.39, 0.29) is 11.5 Å². The van der Waals surface area contributed by atoms with Crippen LogP contribution in [0.1, 0.15) is 40.1 Å². The van der Waals surface area contributed by atoms with E-state index in [0.717, 1.165) is 23.3 Å². The molecule has 2 unspecified atom stereocenters. The summed E-state index contributed by atoms with van der Waals surface area (Å²) in [6, 6.07) is 8.04. The van der Waals surface area contributed by atoms with Crippen LogP contribution in [0.3, 0.4) is 0 Å². The number of carbonyl (C=O) groups excluding carboxylic acids is 1. The molecule has 0 heterocycles. The lowest BCUT2D eigenvalue weighted by Crippen LogP contribution is -2.37. The van der Waals surface area contributed by atoms with E-state index in [4.69, 9.17) is 0 Å². The third-order valence-electron chi connectivity index (χ3n) is 3.76. The Kier molecular flexibility index (Phi) is 5.11. The maximum absolute atomic E-state index is 13.3. The summed E-state index contributed by atoms with van der Waals surface area (Å²) in [5, 5.41) is 12.9. The van der Waals surface area contributed by atoms with Gasteiger partial charge in [0.2, 0.25) is 0 Å². The predicted molar refractivity (Wildman–Crippen MR) is 84.2 cm³/mol. The average molecular weight is 319 g/mol. The van der Waals surface area contributed by atoms with Gasteiger partial charge in [0.25, 0.3) is 5.91 Å². The number of hydrogen-bond acceptors (Lipinski definition) is 2. The van der Waals surface area contributed by atoms with Gasteiger partial charge in [0.15, 0.2) is 11.6 Å². The first-order valence-electron chi connectivity index (χ1n) is 7.30. The van der Waals surface area contributed by atoms with Crippen LogP contribution in [0.5, 0.6) is 0 Å². The maximum atomic E-state index is 13.3. The largest absolute Gasteiger partial charge is 0.386 e. The fourth-order valence-corrected chi connectivity index (χ4v) is 2.33. The molecule has 2 aromatic carbocycles. The van der Waals surface area contributed by atoms with Crippen LogP contribution in [0.2, 0.25) is 0 Å². The summed E-state index contributed by atoms with van der Waals surface area (Å²) in [4.78, 5) is 12.3. The van der Waals surface area contributed by atoms with Gasteiger partial charge < -0.3 is 10.4 Å². The van der Waals surface area contributed by atoms with Crippen LogP contribution in [0.25, 0.3) is 0 Å². The lowest BCUT2D eigenvalue weighted by atomic mass is 10.0. The van der Waals surface area contributed by atoms with Crippen molar-refractivity contribution in [1.82, 2.24) is 5.32 Å². The van der Waals surface area contributed by atoms with Gasteiger partial charge in [-0.25, -0.2) is 8.78 Å². The molecular formula is C18H19F2NO2. The molecule has 0 aliphatic carbocycles. The predicted octanol–water partition coefficient (Wildman–Crippen LogP) is 3.43. The maximum Gasteiger partial charge on any atom is 0.251 e. The van der Waals surface area contributed by atoms with Crippen molar-refractivity contribution >= 4 is 5.91 Å². The van der Waals surface area contributed by atoms with E-state index >= 15 is 0 Å². The van der Waals surface area contributed by atoms with E-state index < -0.39 is 23.8 Å². The standard InChI is InChI=1S/C18H19F2NO2/c1-10-4-5-11(2)14(8-10)18(23)21-12(3)17(22)13-6-7-15(19)16(20)9-13/h4-9,12,17,22H,1-3H3,(H,21,23). The Bertz CT molecular complexity index is 731. The van der Waals surface area contributed by atoms with E-state index in [1.54, 1.807) is 13.0 Å². The third-order valence-corrected chi connectivity index (χ3v) is 3.76. The Hall–Kier alpha value is -2.27. The van der Waals surface area contributed by atoms with Crippen LogP contribution in [0.4, 0.5) is 8.78 Å². The van der Waals surface area contributed by atoms with Gasteiger partial charge in [-0.2, -0.15) is 0 Å². The zero-order valence-corrected chi connectivity index (χ0v) is 13.2. The van der Waals surface area contributed by atoms with Crippen LogP contribution >= 0.6 is 0 Å². The van der Waals surface area contributed by atoms with E-state index in [9.17, 15) is 18.7 Å². The minimum atomic E-state index is -1.14. The second-order valence-corrected chi connectivity index (χ2v) is 5.70. The van der Waals surface area contributed by atoms with Crippen LogP contribution in [0.15, 0.2) is 36.4 Å². The monoisotopic (exact) mass is 319 g/mol. The molecule has 2 rings (SSSR count). The van der Waals surface area contributed by atoms with Crippen LogP contribution in [0, 0.1) is 25.5 Å². The molecule has 3 nitrogen and oxygen atoms in total. The number of aliphatic hydroxyl groups is 1. The minimum absolute atomic E-state index is 0.206. The van der Waals surface area contributed by atoms with Gasteiger partial charge in [0, 0.05) is 5.56 Å². The summed E-state index contributed by atoms with van der Waals surface area (Å²) in [7, 11) is 0. The number of benzene rings is 2. The second kappa shape index (κ2) is 6.87. The molecule has 0 aliphatic rings. The van der Waals surface area contributed by atoms with E-state index in [1.165, 1.54) is 6.07 Å². The number of hydrogen-bond donors (Lipinski definition) is 2. The minimum Gasteiger partial charge on any atom is -0.386 e. The van der Waals surface area contributed by atoms with Gasteiger partial charge in [-0.05, 0) is 50.1 Å². The zero-order chi connectivity index (χ0) is 17.1. The van der Waals surface area contributed by atoms with Crippen molar-refractivity contribution < 1.29 is 18.7 Å². The number of carbonyl (C=O) groups is 1. The molecule has 1 amide bonds. The summed E-state index contributed by atoms with van der Waals surface area (Å²) < 4.78 is 26.2. The van der Waals surface area contributed by atoms with Crippen molar-refractivity contribution in [2.45, 2.75) is 32.9 Å². The quantitative estimate of drug-likeness (QED) is 0.907. The molecule has 5 heteroatoms. The molecule has 2 aromatic rings. The Labute approximate surface area is 134 Å². The van der Waals surface area contributed by atoms with Gasteiger partial charge in [-0.15, -0.1) is 0 Å². The molecule has 0 spiro atoms. The summed E-state index contributed by atoms with van der Waals surface area (Å²) >= 11 is 0. The lowest BCUT2D eigenvalue weighted by Gasteiger charge is -2.21. The second-order valence-electron chi connectivity index (χ2n) is 5.70. The number of amides is 1. The van der Waals surface area contributed by atoms with Crippen LogP contribution in [-0.2, 0) is 0 Å². The smallest absolute Gasteiger partial charge is 0.251 e. The van der Waals surface area contributed by atoms with Gasteiger partial charge in [0.1, 0.15) is 0 Å². The molecule has 0 bridgehead atoms. The normalized spacial score (nSPS) is 13.5. The highest BCUT2D eigenvalue weighted by Crippen LogP contribution is 2.20. The van der Waals surface area contributed by atoms with Crippen molar-refractivity contribution in [3.05, 3.63) is 70.3 Å². The first-order valence-corrected chi connectivity index (χ1v) is 7.30. The van der Waals surface area contributed by atoms with Crippen LogP contribution in [-0.4, -0.2) is 17.1 Å². The highest BCUT2D eigenvalue weighted by Gasteiger charge is 2.21. The molecule has 0 fully saturated rings. The Morgan fingerprint density at radius 2 is 1.78 bits per heavy atom. The molecule has 2 N–H and O–H groups in total.